The summed E-state index contributed by atoms with van der Waals surface area (Å²) in [6, 6.07) is 6.22. The van der Waals surface area contributed by atoms with E-state index in [-0.39, 0.29) is 24.7 Å². The van der Waals surface area contributed by atoms with Gasteiger partial charge in [-0.05, 0) is 25.0 Å². The van der Waals surface area contributed by atoms with E-state index in [1.807, 2.05) is 13.8 Å². The number of benzene rings is 1. The fourth-order valence-electron chi connectivity index (χ4n) is 2.13. The van der Waals surface area contributed by atoms with Crippen LogP contribution in [0.3, 0.4) is 0 Å². The molecule has 0 atom stereocenters. The van der Waals surface area contributed by atoms with Crippen LogP contribution in [0.25, 0.3) is 10.6 Å². The average molecular weight is 336 g/mol. The van der Waals surface area contributed by atoms with Gasteiger partial charge in [0.05, 0.1) is 17.7 Å². The van der Waals surface area contributed by atoms with Crippen molar-refractivity contribution in [1.82, 2.24) is 10.3 Å². The van der Waals surface area contributed by atoms with Gasteiger partial charge in [0.15, 0.2) is 0 Å². The van der Waals surface area contributed by atoms with Crippen LogP contribution in [0.4, 0.5) is 4.39 Å². The molecule has 0 aliphatic rings. The number of carbonyl (C=O) groups is 1. The fraction of sp³-hybridized carbons (Fsp3) is 0.412. The number of halogens is 1. The van der Waals surface area contributed by atoms with Crippen LogP contribution < -0.4 is 5.32 Å². The first-order valence-electron chi connectivity index (χ1n) is 7.65. The minimum atomic E-state index is -0.857. The molecule has 1 amide bonds. The number of hydrogen-bond acceptors (Lipinski definition) is 4. The van der Waals surface area contributed by atoms with Crippen LogP contribution in [0.5, 0.6) is 0 Å². The van der Waals surface area contributed by atoms with Gasteiger partial charge in [-0.15, -0.1) is 11.3 Å². The van der Waals surface area contributed by atoms with E-state index in [4.69, 9.17) is 0 Å². The predicted molar refractivity (Wildman–Crippen MR) is 89.8 cm³/mol. The van der Waals surface area contributed by atoms with Crippen molar-refractivity contribution in [2.45, 2.75) is 38.7 Å². The van der Waals surface area contributed by atoms with Gasteiger partial charge in [-0.1, -0.05) is 26.0 Å². The van der Waals surface area contributed by atoms with E-state index in [1.165, 1.54) is 23.5 Å². The van der Waals surface area contributed by atoms with Crippen LogP contribution in [0.2, 0.25) is 0 Å². The zero-order chi connectivity index (χ0) is 16.9. The average Bonchev–Trinajstić information content (AvgIpc) is 3.01. The molecule has 1 aromatic heterocycles. The molecule has 0 saturated heterocycles. The van der Waals surface area contributed by atoms with E-state index in [0.717, 1.165) is 0 Å². The third-order valence-corrected chi connectivity index (χ3v) is 4.84. The summed E-state index contributed by atoms with van der Waals surface area (Å²) in [6.07, 6.45) is 1.32. The molecule has 2 N–H and O–H groups in total. The van der Waals surface area contributed by atoms with Crippen molar-refractivity contribution >= 4 is 17.2 Å². The van der Waals surface area contributed by atoms with Crippen LogP contribution in [0.1, 0.15) is 32.4 Å². The Balaban J connectivity index is 1.95. The molecule has 0 fully saturated rings. The van der Waals surface area contributed by atoms with E-state index < -0.39 is 5.60 Å². The maximum absolute atomic E-state index is 13.2. The lowest BCUT2D eigenvalue weighted by atomic mass is 9.97. The second-order valence-corrected chi connectivity index (χ2v) is 6.40. The molecule has 0 spiro atoms. The van der Waals surface area contributed by atoms with Crippen LogP contribution in [-0.4, -0.2) is 28.1 Å². The number of hydrogen-bond donors (Lipinski definition) is 2. The van der Waals surface area contributed by atoms with E-state index in [2.05, 4.69) is 10.3 Å². The van der Waals surface area contributed by atoms with Gasteiger partial charge >= 0.3 is 0 Å². The smallest absolute Gasteiger partial charge is 0.226 e. The van der Waals surface area contributed by atoms with Gasteiger partial charge in [0.25, 0.3) is 0 Å². The van der Waals surface area contributed by atoms with Crippen molar-refractivity contribution in [3.05, 3.63) is 41.2 Å². The molecule has 0 radical (unpaired) electrons. The Bertz CT molecular complexity index is 668. The molecule has 4 nitrogen and oxygen atoms in total. The van der Waals surface area contributed by atoms with Crippen LogP contribution in [-0.2, 0) is 11.2 Å². The summed E-state index contributed by atoms with van der Waals surface area (Å²) in [5.74, 6) is -0.489. The number of nitrogens with one attached hydrogen (secondary N) is 1. The lowest BCUT2D eigenvalue weighted by Crippen LogP contribution is -2.42. The number of aliphatic hydroxyl groups is 1. The van der Waals surface area contributed by atoms with E-state index in [0.29, 0.717) is 29.1 Å². The maximum Gasteiger partial charge on any atom is 0.226 e. The Morgan fingerprint density at radius 1 is 1.39 bits per heavy atom. The molecular weight excluding hydrogens is 315 g/mol. The molecule has 0 unspecified atom stereocenters. The van der Waals surface area contributed by atoms with Gasteiger partial charge in [-0.3, -0.25) is 4.79 Å². The van der Waals surface area contributed by atoms with Crippen molar-refractivity contribution in [2.24, 2.45) is 0 Å². The van der Waals surface area contributed by atoms with Gasteiger partial charge in [0.2, 0.25) is 5.91 Å². The van der Waals surface area contributed by atoms with Gasteiger partial charge in [0, 0.05) is 17.5 Å². The van der Waals surface area contributed by atoms with Crippen molar-refractivity contribution < 1.29 is 14.3 Å². The second kappa shape index (κ2) is 7.66. The summed E-state index contributed by atoms with van der Waals surface area (Å²) in [6.45, 7) is 4.02. The number of nitrogens with zero attached hydrogens (tertiary/aromatic N) is 1. The normalized spacial score (nSPS) is 11.5. The fourth-order valence-corrected chi connectivity index (χ4v) is 2.95. The van der Waals surface area contributed by atoms with Gasteiger partial charge in [-0.25, -0.2) is 9.37 Å². The molecule has 23 heavy (non-hydrogen) atoms. The summed E-state index contributed by atoms with van der Waals surface area (Å²) in [7, 11) is 0. The number of thiazole rings is 1. The molecule has 0 aliphatic heterocycles. The number of rotatable bonds is 7. The maximum atomic E-state index is 13.2. The highest BCUT2D eigenvalue weighted by atomic mass is 32.1. The first kappa shape index (κ1) is 17.6. The molecule has 2 rings (SSSR count). The Kier molecular flexibility index (Phi) is 5.85. The molecule has 1 aromatic carbocycles. The number of carbonyl (C=O) groups excluding carboxylic acids is 1. The third-order valence-electron chi connectivity index (χ3n) is 3.90. The number of aromatic nitrogens is 1. The molecule has 124 valence electrons. The summed E-state index contributed by atoms with van der Waals surface area (Å²) >= 11 is 1.38. The summed E-state index contributed by atoms with van der Waals surface area (Å²) in [4.78, 5) is 16.3. The molecular formula is C17H21FN2O2S. The lowest BCUT2D eigenvalue weighted by Gasteiger charge is -2.25. The monoisotopic (exact) mass is 336 g/mol. The van der Waals surface area contributed by atoms with Gasteiger partial charge in [-0.2, -0.15) is 0 Å². The van der Waals surface area contributed by atoms with Crippen molar-refractivity contribution in [3.63, 3.8) is 0 Å². The van der Waals surface area contributed by atoms with Crippen molar-refractivity contribution in [1.29, 1.82) is 0 Å². The minimum Gasteiger partial charge on any atom is -0.388 e. The summed E-state index contributed by atoms with van der Waals surface area (Å²) in [5.41, 5.74) is 0.487. The molecule has 2 aromatic rings. The second-order valence-electron chi connectivity index (χ2n) is 5.54. The van der Waals surface area contributed by atoms with E-state index in [1.54, 1.807) is 17.5 Å². The zero-order valence-electron chi connectivity index (χ0n) is 13.3. The highest BCUT2D eigenvalue weighted by Crippen LogP contribution is 2.24. The lowest BCUT2D eigenvalue weighted by molar-refractivity contribution is -0.121. The van der Waals surface area contributed by atoms with Crippen molar-refractivity contribution in [3.8, 4) is 10.6 Å². The zero-order valence-corrected chi connectivity index (χ0v) is 14.1. The Morgan fingerprint density at radius 2 is 2.13 bits per heavy atom. The van der Waals surface area contributed by atoms with Crippen molar-refractivity contribution in [2.75, 3.05) is 6.54 Å². The SMILES string of the molecule is CCC(O)(CC)CNC(=O)Cc1csc(-c2cccc(F)c2)n1. The Morgan fingerprint density at radius 3 is 2.78 bits per heavy atom. The van der Waals surface area contributed by atoms with E-state index >= 15 is 0 Å². The standard InChI is InChI=1S/C17H21FN2O2S/c1-3-17(22,4-2)11-19-15(21)9-14-10-23-16(20-14)12-6-5-7-13(18)8-12/h5-8,10,22H,3-4,9,11H2,1-2H3,(H,19,21). The topological polar surface area (TPSA) is 62.2 Å². The summed E-state index contributed by atoms with van der Waals surface area (Å²) < 4.78 is 13.2. The Hall–Kier alpha value is -1.79. The minimum absolute atomic E-state index is 0.148. The highest BCUT2D eigenvalue weighted by Gasteiger charge is 2.22. The van der Waals surface area contributed by atoms with Crippen LogP contribution in [0, 0.1) is 5.82 Å². The highest BCUT2D eigenvalue weighted by molar-refractivity contribution is 7.13. The molecule has 0 bridgehead atoms. The van der Waals surface area contributed by atoms with Crippen LogP contribution in [0.15, 0.2) is 29.6 Å². The third kappa shape index (κ3) is 4.84. The number of amides is 1. The molecule has 0 saturated carbocycles. The molecule has 6 heteroatoms. The summed E-state index contributed by atoms with van der Waals surface area (Å²) in [5, 5.41) is 15.4. The molecule has 0 aliphatic carbocycles. The first-order chi connectivity index (χ1) is 11.0. The van der Waals surface area contributed by atoms with Gasteiger partial charge in [0.1, 0.15) is 10.8 Å². The van der Waals surface area contributed by atoms with Gasteiger partial charge < -0.3 is 10.4 Å². The van der Waals surface area contributed by atoms with Crippen LogP contribution >= 0.6 is 11.3 Å². The first-order valence-corrected chi connectivity index (χ1v) is 8.53. The quantitative estimate of drug-likeness (QED) is 0.816. The van der Waals surface area contributed by atoms with E-state index in [9.17, 15) is 14.3 Å². The molecule has 1 heterocycles. The Labute approximate surface area is 139 Å². The largest absolute Gasteiger partial charge is 0.388 e. The predicted octanol–water partition coefficient (Wildman–Crippen LogP) is 3.16.